The standard InChI is InChI=1S/C16H24N2O.ClH/c1-12(2)14-8-9-18(11-14)16(19)15(17)10-13-6-4-3-5-7-13;/h3-7,12,14-15H,8-11,17H2,1-2H3;1H. The van der Waals surface area contributed by atoms with Gasteiger partial charge in [0.2, 0.25) is 5.91 Å². The Morgan fingerprint density at radius 2 is 2.00 bits per heavy atom. The third kappa shape index (κ3) is 4.22. The van der Waals surface area contributed by atoms with Gasteiger partial charge in [0.15, 0.2) is 0 Å². The molecule has 1 heterocycles. The second-order valence-electron chi connectivity index (χ2n) is 5.87. The summed E-state index contributed by atoms with van der Waals surface area (Å²) in [6.07, 6.45) is 1.74. The number of halogens is 1. The first kappa shape index (κ1) is 17.0. The van der Waals surface area contributed by atoms with Crippen LogP contribution < -0.4 is 5.73 Å². The van der Waals surface area contributed by atoms with Crippen LogP contribution in [0.5, 0.6) is 0 Å². The fourth-order valence-electron chi connectivity index (χ4n) is 2.72. The molecule has 1 amide bonds. The highest BCUT2D eigenvalue weighted by Crippen LogP contribution is 2.24. The van der Waals surface area contributed by atoms with Crippen LogP contribution in [0.15, 0.2) is 30.3 Å². The third-order valence-electron chi connectivity index (χ3n) is 4.09. The van der Waals surface area contributed by atoms with E-state index in [0.29, 0.717) is 18.3 Å². The van der Waals surface area contributed by atoms with Crippen LogP contribution in [0.2, 0.25) is 0 Å². The highest BCUT2D eigenvalue weighted by molar-refractivity contribution is 5.85. The molecule has 0 spiro atoms. The van der Waals surface area contributed by atoms with Crippen molar-refractivity contribution in [2.24, 2.45) is 17.6 Å². The molecule has 0 saturated carbocycles. The minimum atomic E-state index is -0.409. The van der Waals surface area contributed by atoms with Crippen LogP contribution in [0, 0.1) is 11.8 Å². The van der Waals surface area contributed by atoms with Crippen molar-refractivity contribution in [3.05, 3.63) is 35.9 Å². The molecule has 0 radical (unpaired) electrons. The Hall–Kier alpha value is -1.06. The number of hydrogen-bond acceptors (Lipinski definition) is 2. The first-order valence-electron chi connectivity index (χ1n) is 7.16. The molecule has 2 rings (SSSR count). The number of nitrogens with two attached hydrogens (primary N) is 1. The van der Waals surface area contributed by atoms with Crippen LogP contribution >= 0.6 is 12.4 Å². The Morgan fingerprint density at radius 3 is 2.55 bits per heavy atom. The summed E-state index contributed by atoms with van der Waals surface area (Å²) in [7, 11) is 0. The zero-order valence-corrected chi connectivity index (χ0v) is 13.1. The van der Waals surface area contributed by atoms with E-state index in [1.165, 1.54) is 0 Å². The number of amides is 1. The van der Waals surface area contributed by atoms with E-state index in [4.69, 9.17) is 5.73 Å². The van der Waals surface area contributed by atoms with Gasteiger partial charge in [-0.1, -0.05) is 44.2 Å². The van der Waals surface area contributed by atoms with E-state index in [1.54, 1.807) is 0 Å². The van der Waals surface area contributed by atoms with Gasteiger partial charge in [-0.2, -0.15) is 0 Å². The highest BCUT2D eigenvalue weighted by atomic mass is 35.5. The predicted molar refractivity (Wildman–Crippen MR) is 84.9 cm³/mol. The van der Waals surface area contributed by atoms with Crippen LogP contribution in [-0.4, -0.2) is 29.9 Å². The molecule has 1 saturated heterocycles. The Morgan fingerprint density at radius 1 is 1.35 bits per heavy atom. The maximum atomic E-state index is 12.3. The number of carbonyl (C=O) groups excluding carboxylic acids is 1. The molecule has 4 heteroatoms. The van der Waals surface area contributed by atoms with E-state index < -0.39 is 6.04 Å². The van der Waals surface area contributed by atoms with E-state index in [1.807, 2.05) is 35.2 Å². The maximum Gasteiger partial charge on any atom is 0.239 e. The number of rotatable bonds is 4. The lowest BCUT2D eigenvalue weighted by Gasteiger charge is -2.22. The van der Waals surface area contributed by atoms with Crippen molar-refractivity contribution in [1.82, 2.24) is 4.90 Å². The second-order valence-corrected chi connectivity index (χ2v) is 5.87. The fraction of sp³-hybridized carbons (Fsp3) is 0.562. The minimum absolute atomic E-state index is 0. The van der Waals surface area contributed by atoms with Gasteiger partial charge in [0.05, 0.1) is 6.04 Å². The average molecular weight is 297 g/mol. The lowest BCUT2D eigenvalue weighted by atomic mass is 9.95. The van der Waals surface area contributed by atoms with Crippen molar-refractivity contribution in [3.63, 3.8) is 0 Å². The minimum Gasteiger partial charge on any atom is -0.341 e. The summed E-state index contributed by atoms with van der Waals surface area (Å²) in [6, 6.07) is 9.58. The van der Waals surface area contributed by atoms with Gasteiger partial charge in [0, 0.05) is 13.1 Å². The van der Waals surface area contributed by atoms with Crippen molar-refractivity contribution in [3.8, 4) is 0 Å². The molecule has 3 nitrogen and oxygen atoms in total. The number of nitrogens with zero attached hydrogens (tertiary/aromatic N) is 1. The number of likely N-dealkylation sites (tertiary alicyclic amines) is 1. The predicted octanol–water partition coefficient (Wildman–Crippen LogP) is 2.48. The van der Waals surface area contributed by atoms with Crippen molar-refractivity contribution in [1.29, 1.82) is 0 Å². The number of carbonyl (C=O) groups is 1. The topological polar surface area (TPSA) is 46.3 Å². The van der Waals surface area contributed by atoms with Crippen molar-refractivity contribution >= 4 is 18.3 Å². The molecule has 112 valence electrons. The fourth-order valence-corrected chi connectivity index (χ4v) is 2.72. The summed E-state index contributed by atoms with van der Waals surface area (Å²) < 4.78 is 0. The molecule has 1 aromatic carbocycles. The van der Waals surface area contributed by atoms with Gasteiger partial charge in [0.1, 0.15) is 0 Å². The van der Waals surface area contributed by atoms with Gasteiger partial charge >= 0.3 is 0 Å². The van der Waals surface area contributed by atoms with E-state index in [0.717, 1.165) is 25.1 Å². The van der Waals surface area contributed by atoms with Gasteiger partial charge in [-0.3, -0.25) is 4.79 Å². The molecule has 0 aromatic heterocycles. The van der Waals surface area contributed by atoms with Crippen LogP contribution in [0.4, 0.5) is 0 Å². The largest absolute Gasteiger partial charge is 0.341 e. The zero-order valence-electron chi connectivity index (χ0n) is 12.3. The van der Waals surface area contributed by atoms with Crippen LogP contribution in [0.25, 0.3) is 0 Å². The van der Waals surface area contributed by atoms with Gasteiger partial charge < -0.3 is 10.6 Å². The number of hydrogen-bond donors (Lipinski definition) is 1. The summed E-state index contributed by atoms with van der Waals surface area (Å²) in [5.74, 6) is 1.38. The molecule has 2 unspecified atom stereocenters. The lowest BCUT2D eigenvalue weighted by Crippen LogP contribution is -2.44. The number of benzene rings is 1. The molecular weight excluding hydrogens is 272 g/mol. The van der Waals surface area contributed by atoms with E-state index >= 15 is 0 Å². The summed E-state index contributed by atoms with van der Waals surface area (Å²) >= 11 is 0. The molecule has 1 fully saturated rings. The second kappa shape index (κ2) is 7.65. The Labute approximate surface area is 127 Å². The van der Waals surface area contributed by atoms with E-state index in [2.05, 4.69) is 13.8 Å². The highest BCUT2D eigenvalue weighted by Gasteiger charge is 2.30. The summed E-state index contributed by atoms with van der Waals surface area (Å²) in [5.41, 5.74) is 7.19. The summed E-state index contributed by atoms with van der Waals surface area (Å²) in [4.78, 5) is 14.3. The third-order valence-corrected chi connectivity index (χ3v) is 4.09. The van der Waals surface area contributed by atoms with Crippen LogP contribution in [-0.2, 0) is 11.2 Å². The molecule has 1 aromatic rings. The summed E-state index contributed by atoms with van der Waals surface area (Å²) in [6.45, 7) is 6.19. The lowest BCUT2D eigenvalue weighted by molar-refractivity contribution is -0.131. The Bertz CT molecular complexity index is 422. The molecule has 20 heavy (non-hydrogen) atoms. The molecular formula is C16H25ClN2O. The van der Waals surface area contributed by atoms with E-state index in [9.17, 15) is 4.79 Å². The molecule has 1 aliphatic rings. The molecule has 0 aliphatic carbocycles. The molecule has 1 aliphatic heterocycles. The molecule has 2 N–H and O–H groups in total. The van der Waals surface area contributed by atoms with Gasteiger partial charge in [-0.25, -0.2) is 0 Å². The summed E-state index contributed by atoms with van der Waals surface area (Å²) in [5, 5.41) is 0. The Balaban J connectivity index is 0.00000200. The van der Waals surface area contributed by atoms with Gasteiger partial charge in [0.25, 0.3) is 0 Å². The van der Waals surface area contributed by atoms with E-state index in [-0.39, 0.29) is 18.3 Å². The van der Waals surface area contributed by atoms with Crippen LogP contribution in [0.3, 0.4) is 0 Å². The first-order chi connectivity index (χ1) is 9.08. The maximum absolute atomic E-state index is 12.3. The van der Waals surface area contributed by atoms with Gasteiger partial charge in [-0.05, 0) is 30.2 Å². The molecule has 0 bridgehead atoms. The first-order valence-corrected chi connectivity index (χ1v) is 7.16. The van der Waals surface area contributed by atoms with Crippen molar-refractivity contribution < 1.29 is 4.79 Å². The molecule has 2 atom stereocenters. The quantitative estimate of drug-likeness (QED) is 0.928. The SMILES string of the molecule is CC(C)C1CCN(C(=O)C(N)Cc2ccccc2)C1.Cl. The van der Waals surface area contributed by atoms with Crippen LogP contribution in [0.1, 0.15) is 25.8 Å². The average Bonchev–Trinajstić information content (AvgIpc) is 2.88. The monoisotopic (exact) mass is 296 g/mol. The normalized spacial score (nSPS) is 19.8. The zero-order chi connectivity index (χ0) is 13.8. The van der Waals surface area contributed by atoms with Crippen molar-refractivity contribution in [2.45, 2.75) is 32.7 Å². The van der Waals surface area contributed by atoms with Crippen molar-refractivity contribution in [2.75, 3.05) is 13.1 Å². The smallest absolute Gasteiger partial charge is 0.239 e. The van der Waals surface area contributed by atoms with Gasteiger partial charge in [-0.15, -0.1) is 12.4 Å². The Kier molecular flexibility index (Phi) is 6.50.